The lowest BCUT2D eigenvalue weighted by molar-refractivity contribution is -0.136. The van der Waals surface area contributed by atoms with E-state index in [0.29, 0.717) is 17.1 Å². The Bertz CT molecular complexity index is 718. The van der Waals surface area contributed by atoms with Gasteiger partial charge < -0.3 is 24.7 Å². The molecule has 3 N–H and O–H groups in total. The van der Waals surface area contributed by atoms with E-state index in [0.717, 1.165) is 0 Å². The molecule has 1 aromatic carbocycles. The Morgan fingerprint density at radius 1 is 1.38 bits per heavy atom. The normalized spacial score (nSPS) is 17.1. The average Bonchev–Trinajstić information content (AvgIpc) is 2.98. The lowest BCUT2D eigenvalue weighted by atomic mass is 9.86. The highest BCUT2D eigenvalue weighted by molar-refractivity contribution is 5.92. The second-order valence-corrected chi connectivity index (χ2v) is 4.54. The van der Waals surface area contributed by atoms with Crippen molar-refractivity contribution in [3.8, 4) is 11.5 Å². The summed E-state index contributed by atoms with van der Waals surface area (Å²) in [4.78, 5) is 12.0. The molecule has 0 bridgehead atoms. The molecule has 6 nitrogen and oxygen atoms in total. The van der Waals surface area contributed by atoms with Crippen LogP contribution < -0.4 is 10.5 Å². The van der Waals surface area contributed by atoms with Crippen molar-refractivity contribution in [1.82, 2.24) is 0 Å². The Hall–Kier alpha value is -2.89. The van der Waals surface area contributed by atoms with Gasteiger partial charge in [-0.05, 0) is 18.2 Å². The van der Waals surface area contributed by atoms with Crippen molar-refractivity contribution < 1.29 is 23.8 Å². The SMILES string of the molecule is COC(=O)C1=C(N)Oc2cc(O)ccc2C1c1ccco1. The summed E-state index contributed by atoms with van der Waals surface area (Å²) < 4.78 is 15.6. The van der Waals surface area contributed by atoms with Gasteiger partial charge in [-0.2, -0.15) is 0 Å². The van der Waals surface area contributed by atoms with Gasteiger partial charge in [-0.3, -0.25) is 0 Å². The molecule has 6 heteroatoms. The molecule has 108 valence electrons. The van der Waals surface area contributed by atoms with Crippen LogP contribution in [0.4, 0.5) is 0 Å². The van der Waals surface area contributed by atoms with E-state index in [2.05, 4.69) is 0 Å². The first kappa shape index (κ1) is 13.1. The van der Waals surface area contributed by atoms with Crippen LogP contribution in [-0.4, -0.2) is 18.2 Å². The Kier molecular flexibility index (Phi) is 3.06. The number of ether oxygens (including phenoxy) is 2. The highest BCUT2D eigenvalue weighted by atomic mass is 16.5. The average molecular weight is 287 g/mol. The van der Waals surface area contributed by atoms with Crippen LogP contribution in [0.25, 0.3) is 0 Å². The number of hydrogen-bond donors (Lipinski definition) is 2. The summed E-state index contributed by atoms with van der Waals surface area (Å²) in [5.74, 6) is -0.248. The highest BCUT2D eigenvalue weighted by Crippen LogP contribution is 2.43. The molecule has 3 rings (SSSR count). The van der Waals surface area contributed by atoms with Gasteiger partial charge in [0.25, 0.3) is 0 Å². The summed E-state index contributed by atoms with van der Waals surface area (Å²) in [6.45, 7) is 0. The van der Waals surface area contributed by atoms with E-state index in [-0.39, 0.29) is 17.2 Å². The molecule has 2 heterocycles. The zero-order valence-corrected chi connectivity index (χ0v) is 11.2. The maximum atomic E-state index is 12.0. The van der Waals surface area contributed by atoms with Gasteiger partial charge in [-0.1, -0.05) is 6.07 Å². The number of phenols is 1. The second-order valence-electron chi connectivity index (χ2n) is 4.54. The molecule has 1 unspecified atom stereocenters. The predicted molar refractivity (Wildman–Crippen MR) is 72.5 cm³/mol. The number of benzene rings is 1. The zero-order chi connectivity index (χ0) is 15.0. The Morgan fingerprint density at radius 3 is 2.86 bits per heavy atom. The number of fused-ring (bicyclic) bond motifs is 1. The maximum absolute atomic E-state index is 12.0. The van der Waals surface area contributed by atoms with Gasteiger partial charge >= 0.3 is 5.97 Å². The molecule has 0 radical (unpaired) electrons. The van der Waals surface area contributed by atoms with Gasteiger partial charge in [-0.25, -0.2) is 4.79 Å². The molecule has 1 aliphatic rings. The van der Waals surface area contributed by atoms with Gasteiger partial charge in [0.2, 0.25) is 5.88 Å². The Balaban J connectivity index is 2.21. The number of aromatic hydroxyl groups is 1. The minimum absolute atomic E-state index is 0.0428. The molecule has 2 aromatic rings. The number of methoxy groups -OCH3 is 1. The van der Waals surface area contributed by atoms with Crippen LogP contribution in [-0.2, 0) is 9.53 Å². The summed E-state index contributed by atoms with van der Waals surface area (Å²) in [6, 6.07) is 8.06. The van der Waals surface area contributed by atoms with E-state index in [1.54, 1.807) is 18.2 Å². The third-order valence-electron chi connectivity index (χ3n) is 3.32. The number of hydrogen-bond acceptors (Lipinski definition) is 6. The van der Waals surface area contributed by atoms with Crippen molar-refractivity contribution in [1.29, 1.82) is 0 Å². The van der Waals surface area contributed by atoms with E-state index in [4.69, 9.17) is 19.6 Å². The molecule has 0 fully saturated rings. The van der Waals surface area contributed by atoms with Crippen LogP contribution in [0.1, 0.15) is 17.2 Å². The van der Waals surface area contributed by atoms with Gasteiger partial charge in [0, 0.05) is 11.6 Å². The number of phenolic OH excluding ortho intramolecular Hbond substituents is 1. The number of esters is 1. The molecular formula is C15H13NO5. The largest absolute Gasteiger partial charge is 0.508 e. The van der Waals surface area contributed by atoms with Gasteiger partial charge in [0.1, 0.15) is 22.8 Å². The summed E-state index contributed by atoms with van der Waals surface area (Å²) >= 11 is 0. The Labute approximate surface area is 120 Å². The summed E-state index contributed by atoms with van der Waals surface area (Å²) in [7, 11) is 1.27. The predicted octanol–water partition coefficient (Wildman–Crippen LogP) is 1.85. The monoisotopic (exact) mass is 287 g/mol. The van der Waals surface area contributed by atoms with E-state index in [9.17, 15) is 9.90 Å². The van der Waals surface area contributed by atoms with Crippen LogP contribution in [0, 0.1) is 0 Å². The molecule has 1 atom stereocenters. The van der Waals surface area contributed by atoms with Crippen LogP contribution in [0.15, 0.2) is 52.5 Å². The third kappa shape index (κ3) is 2.10. The minimum Gasteiger partial charge on any atom is -0.508 e. The number of nitrogens with two attached hydrogens (primary N) is 1. The van der Waals surface area contributed by atoms with Gasteiger partial charge in [0.05, 0.1) is 19.3 Å². The van der Waals surface area contributed by atoms with Crippen LogP contribution in [0.5, 0.6) is 11.5 Å². The van der Waals surface area contributed by atoms with Crippen molar-refractivity contribution in [2.75, 3.05) is 7.11 Å². The van der Waals surface area contributed by atoms with Crippen molar-refractivity contribution in [3.63, 3.8) is 0 Å². The molecule has 21 heavy (non-hydrogen) atoms. The van der Waals surface area contributed by atoms with Crippen LogP contribution in [0.3, 0.4) is 0 Å². The molecule has 0 aliphatic carbocycles. The fourth-order valence-electron chi connectivity index (χ4n) is 2.40. The smallest absolute Gasteiger partial charge is 0.340 e. The summed E-state index contributed by atoms with van der Waals surface area (Å²) in [6.07, 6.45) is 1.51. The van der Waals surface area contributed by atoms with Crippen molar-refractivity contribution >= 4 is 5.97 Å². The first-order valence-electron chi connectivity index (χ1n) is 6.24. The standard InChI is InChI=1S/C15H13NO5/c1-19-15(18)13-12(10-3-2-6-20-10)9-5-4-8(17)7-11(9)21-14(13)16/h2-7,12,17H,16H2,1H3. The quantitative estimate of drug-likeness (QED) is 0.818. The van der Waals surface area contributed by atoms with E-state index >= 15 is 0 Å². The van der Waals surface area contributed by atoms with E-state index < -0.39 is 11.9 Å². The lowest BCUT2D eigenvalue weighted by Gasteiger charge is -2.26. The minimum atomic E-state index is -0.590. The third-order valence-corrected chi connectivity index (χ3v) is 3.32. The van der Waals surface area contributed by atoms with Crippen molar-refractivity contribution in [2.45, 2.75) is 5.92 Å². The molecule has 1 aromatic heterocycles. The van der Waals surface area contributed by atoms with Crippen molar-refractivity contribution in [3.05, 3.63) is 59.4 Å². The molecular weight excluding hydrogens is 274 g/mol. The molecule has 0 amide bonds. The van der Waals surface area contributed by atoms with E-state index in [1.165, 1.54) is 25.5 Å². The maximum Gasteiger partial charge on any atom is 0.340 e. The molecule has 0 saturated heterocycles. The van der Waals surface area contributed by atoms with E-state index in [1.807, 2.05) is 0 Å². The van der Waals surface area contributed by atoms with Crippen LogP contribution in [0.2, 0.25) is 0 Å². The molecule has 1 aliphatic heterocycles. The number of furan rings is 1. The summed E-state index contributed by atoms with van der Waals surface area (Å²) in [5.41, 5.74) is 6.69. The summed E-state index contributed by atoms with van der Waals surface area (Å²) in [5, 5.41) is 9.56. The number of carbonyl (C=O) groups is 1. The topological polar surface area (TPSA) is 94.9 Å². The highest BCUT2D eigenvalue weighted by Gasteiger charge is 2.36. The fraction of sp³-hybridized carbons (Fsp3) is 0.133. The second kappa shape index (κ2) is 4.90. The number of carbonyl (C=O) groups excluding carboxylic acids is 1. The Morgan fingerprint density at radius 2 is 2.19 bits per heavy atom. The number of rotatable bonds is 2. The first-order valence-corrected chi connectivity index (χ1v) is 6.24. The lowest BCUT2D eigenvalue weighted by Crippen LogP contribution is -2.26. The van der Waals surface area contributed by atoms with Crippen LogP contribution >= 0.6 is 0 Å². The molecule has 0 saturated carbocycles. The van der Waals surface area contributed by atoms with Crippen molar-refractivity contribution in [2.24, 2.45) is 5.73 Å². The zero-order valence-electron chi connectivity index (χ0n) is 11.2. The molecule has 0 spiro atoms. The fourth-order valence-corrected chi connectivity index (χ4v) is 2.40. The first-order chi connectivity index (χ1) is 10.1. The van der Waals surface area contributed by atoms with Gasteiger partial charge in [-0.15, -0.1) is 0 Å². The van der Waals surface area contributed by atoms with Gasteiger partial charge in [0.15, 0.2) is 0 Å².